The van der Waals surface area contributed by atoms with Crippen molar-refractivity contribution in [2.45, 2.75) is 71.7 Å². The first-order valence-electron chi connectivity index (χ1n) is 12.5. The zero-order chi connectivity index (χ0) is 26.6. The molecule has 3 aromatic rings. The maximum Gasteiger partial charge on any atom is 0.407 e. The zero-order valence-corrected chi connectivity index (χ0v) is 22.5. The lowest BCUT2D eigenvalue weighted by Gasteiger charge is -2.34. The zero-order valence-electron chi connectivity index (χ0n) is 21.8. The number of amides is 1. The molecule has 1 saturated heterocycles. The van der Waals surface area contributed by atoms with Crippen molar-refractivity contribution in [1.82, 2.24) is 24.4 Å². The highest BCUT2D eigenvalue weighted by Gasteiger charge is 2.28. The number of hydrogen-bond acceptors (Lipinski definition) is 6. The van der Waals surface area contributed by atoms with E-state index >= 15 is 0 Å². The van der Waals surface area contributed by atoms with Crippen LogP contribution in [-0.2, 0) is 24.2 Å². The number of aryl methyl sites for hydroxylation is 1. The van der Waals surface area contributed by atoms with Crippen LogP contribution in [-0.4, -0.2) is 49.9 Å². The summed E-state index contributed by atoms with van der Waals surface area (Å²) < 4.78 is 8.73. The Bertz CT molecular complexity index is 1380. The molecule has 37 heavy (non-hydrogen) atoms. The van der Waals surface area contributed by atoms with Gasteiger partial charge in [-0.2, -0.15) is 9.97 Å². The molecule has 1 fully saturated rings. The van der Waals surface area contributed by atoms with Crippen molar-refractivity contribution in [3.05, 3.63) is 51.5 Å². The summed E-state index contributed by atoms with van der Waals surface area (Å²) in [5, 5.41) is 3.07. The molecule has 4 rings (SSSR count). The first-order chi connectivity index (χ1) is 17.7. The second-order valence-electron chi connectivity index (χ2n) is 10.1. The average molecular weight is 525 g/mol. The van der Waals surface area contributed by atoms with Crippen molar-refractivity contribution in [2.75, 3.05) is 18.0 Å². The molecule has 1 aromatic carbocycles. The molecular weight excluding hydrogens is 492 g/mol. The van der Waals surface area contributed by atoms with Gasteiger partial charge in [-0.1, -0.05) is 36.3 Å². The Labute approximate surface area is 221 Å². The Morgan fingerprint density at radius 1 is 1.22 bits per heavy atom. The lowest BCUT2D eigenvalue weighted by molar-refractivity contribution is 0.0500. The summed E-state index contributed by atoms with van der Waals surface area (Å²) in [5.74, 6) is 6.55. The van der Waals surface area contributed by atoms with Crippen LogP contribution in [0.3, 0.4) is 0 Å². The number of carbonyl (C=O) groups is 1. The highest BCUT2D eigenvalue weighted by Crippen LogP contribution is 2.24. The van der Waals surface area contributed by atoms with Gasteiger partial charge in [0.05, 0.1) is 6.54 Å². The average Bonchev–Trinajstić information content (AvgIpc) is 3.20. The second-order valence-corrected chi connectivity index (χ2v) is 10.4. The fraction of sp³-hybridized carbons (Fsp3) is 0.481. The molecule has 1 aliphatic rings. The summed E-state index contributed by atoms with van der Waals surface area (Å²) in [6.45, 7) is 9.21. The van der Waals surface area contributed by atoms with Crippen LogP contribution in [0, 0.1) is 11.8 Å². The van der Waals surface area contributed by atoms with E-state index in [-0.39, 0.29) is 16.9 Å². The van der Waals surface area contributed by atoms with E-state index in [9.17, 15) is 9.59 Å². The van der Waals surface area contributed by atoms with E-state index in [1.807, 2.05) is 55.7 Å². The second kappa shape index (κ2) is 11.3. The van der Waals surface area contributed by atoms with E-state index in [1.165, 1.54) is 4.57 Å². The van der Waals surface area contributed by atoms with Crippen LogP contribution in [0.5, 0.6) is 0 Å². The van der Waals surface area contributed by atoms with E-state index in [4.69, 9.17) is 21.3 Å². The molecule has 0 saturated carbocycles. The lowest BCUT2D eigenvalue weighted by atomic mass is 10.1. The van der Waals surface area contributed by atoms with E-state index in [1.54, 1.807) is 6.92 Å². The summed E-state index contributed by atoms with van der Waals surface area (Å²) in [5.41, 5.74) is 0.950. The maximum atomic E-state index is 13.6. The minimum atomic E-state index is -0.573. The van der Waals surface area contributed by atoms with Crippen molar-refractivity contribution >= 4 is 34.8 Å². The molecular formula is C27H33ClN6O3. The van der Waals surface area contributed by atoms with Crippen LogP contribution in [0.1, 0.15) is 46.1 Å². The standard InChI is InChI=1S/C27H33ClN6O3/c1-5-6-16-33-21-22(30-24(28)34(23(21)35)17-14-19-11-8-7-9-12-19)31-25(33)32-15-10-13-20(18-32)29-26(36)37-27(2,3)4/h7-9,11-12,20H,10,13-18H2,1-4H3,(H,29,36). The largest absolute Gasteiger partial charge is 0.444 e. The van der Waals surface area contributed by atoms with Gasteiger partial charge in [0.2, 0.25) is 11.2 Å². The molecule has 9 nitrogen and oxygen atoms in total. The van der Waals surface area contributed by atoms with Crippen LogP contribution in [0.15, 0.2) is 35.1 Å². The van der Waals surface area contributed by atoms with Gasteiger partial charge in [-0.05, 0) is 64.1 Å². The van der Waals surface area contributed by atoms with Gasteiger partial charge >= 0.3 is 6.09 Å². The van der Waals surface area contributed by atoms with Crippen molar-refractivity contribution in [3.8, 4) is 11.8 Å². The van der Waals surface area contributed by atoms with Gasteiger partial charge < -0.3 is 15.0 Å². The van der Waals surface area contributed by atoms with E-state index < -0.39 is 11.7 Å². The third-order valence-corrected chi connectivity index (χ3v) is 6.39. The molecule has 2 aromatic heterocycles. The normalized spacial score (nSPS) is 15.8. The Hall–Kier alpha value is -3.51. The number of anilines is 1. The van der Waals surface area contributed by atoms with E-state index in [0.717, 1.165) is 24.9 Å². The number of nitrogens with zero attached hydrogens (tertiary/aromatic N) is 5. The summed E-state index contributed by atoms with van der Waals surface area (Å²) in [4.78, 5) is 37.2. The van der Waals surface area contributed by atoms with Gasteiger partial charge in [0.15, 0.2) is 11.2 Å². The molecule has 0 radical (unpaired) electrons. The number of ether oxygens (including phenoxy) is 1. The summed E-state index contributed by atoms with van der Waals surface area (Å²) in [6.07, 6.45) is 1.87. The van der Waals surface area contributed by atoms with Crippen molar-refractivity contribution in [3.63, 3.8) is 0 Å². The van der Waals surface area contributed by atoms with Crippen molar-refractivity contribution in [1.29, 1.82) is 0 Å². The Morgan fingerprint density at radius 3 is 2.68 bits per heavy atom. The predicted molar refractivity (Wildman–Crippen MR) is 145 cm³/mol. The molecule has 0 spiro atoms. The van der Waals surface area contributed by atoms with Crippen LogP contribution in [0.25, 0.3) is 11.2 Å². The van der Waals surface area contributed by atoms with Gasteiger partial charge in [0.25, 0.3) is 5.56 Å². The third-order valence-electron chi connectivity index (χ3n) is 6.10. The topological polar surface area (TPSA) is 94.3 Å². The smallest absolute Gasteiger partial charge is 0.407 e. The number of fused-ring (bicyclic) bond motifs is 1. The molecule has 0 bridgehead atoms. The fourth-order valence-corrected chi connectivity index (χ4v) is 4.70. The molecule has 0 aliphatic carbocycles. The van der Waals surface area contributed by atoms with Gasteiger partial charge in [0, 0.05) is 25.7 Å². The molecule has 1 N–H and O–H groups in total. The first-order valence-corrected chi connectivity index (χ1v) is 12.9. The van der Waals surface area contributed by atoms with Gasteiger partial charge in [-0.3, -0.25) is 13.9 Å². The van der Waals surface area contributed by atoms with Gasteiger partial charge in [-0.15, -0.1) is 5.92 Å². The number of benzene rings is 1. The van der Waals surface area contributed by atoms with Crippen LogP contribution < -0.4 is 15.8 Å². The van der Waals surface area contributed by atoms with Crippen LogP contribution in [0.2, 0.25) is 5.28 Å². The highest BCUT2D eigenvalue weighted by atomic mass is 35.5. The summed E-state index contributed by atoms with van der Waals surface area (Å²) >= 11 is 6.46. The van der Waals surface area contributed by atoms with Gasteiger partial charge in [-0.25, -0.2) is 4.79 Å². The monoisotopic (exact) mass is 524 g/mol. The molecule has 3 heterocycles. The molecule has 1 aliphatic heterocycles. The maximum absolute atomic E-state index is 13.6. The summed E-state index contributed by atoms with van der Waals surface area (Å²) in [7, 11) is 0. The van der Waals surface area contributed by atoms with Crippen molar-refractivity contribution in [2.24, 2.45) is 0 Å². The number of piperidine rings is 1. The first kappa shape index (κ1) is 26.6. The number of imidazole rings is 1. The SMILES string of the molecule is CC#CCn1c(N2CCCC(NC(=O)OC(C)(C)C)C2)nc2nc(Cl)n(CCc3ccccc3)c(=O)c21. The Kier molecular flexibility index (Phi) is 8.08. The van der Waals surface area contributed by atoms with Crippen LogP contribution in [0.4, 0.5) is 10.7 Å². The number of nitrogens with one attached hydrogen (secondary N) is 1. The highest BCUT2D eigenvalue weighted by molar-refractivity contribution is 6.28. The van der Waals surface area contributed by atoms with Gasteiger partial charge in [0.1, 0.15) is 5.60 Å². The summed E-state index contributed by atoms with van der Waals surface area (Å²) in [6, 6.07) is 9.81. The minimum Gasteiger partial charge on any atom is -0.444 e. The number of rotatable bonds is 6. The fourth-order valence-electron chi connectivity index (χ4n) is 4.46. The molecule has 196 valence electrons. The number of carbonyl (C=O) groups excluding carboxylic acids is 1. The number of alkyl carbamates (subject to hydrolysis) is 1. The Balaban J connectivity index is 1.65. The molecule has 10 heteroatoms. The number of aromatic nitrogens is 4. The third kappa shape index (κ3) is 6.44. The van der Waals surface area contributed by atoms with Crippen molar-refractivity contribution < 1.29 is 9.53 Å². The predicted octanol–water partition coefficient (Wildman–Crippen LogP) is 4.01. The number of halogens is 1. The Morgan fingerprint density at radius 2 is 1.97 bits per heavy atom. The van der Waals surface area contributed by atoms with E-state index in [2.05, 4.69) is 27.0 Å². The number of hydrogen-bond donors (Lipinski definition) is 1. The van der Waals surface area contributed by atoms with Crippen LogP contribution >= 0.6 is 11.6 Å². The molecule has 1 atom stereocenters. The quantitative estimate of drug-likeness (QED) is 0.387. The molecule has 1 unspecified atom stereocenters. The lowest BCUT2D eigenvalue weighted by Crippen LogP contribution is -2.49. The minimum absolute atomic E-state index is 0.106. The molecule has 1 amide bonds. The van der Waals surface area contributed by atoms with E-state index in [0.29, 0.717) is 43.2 Å².